The van der Waals surface area contributed by atoms with E-state index in [1.54, 1.807) is 0 Å². The van der Waals surface area contributed by atoms with Crippen LogP contribution in [0, 0.1) is 5.92 Å². The summed E-state index contributed by atoms with van der Waals surface area (Å²) in [6.45, 7) is 13.1. The third kappa shape index (κ3) is 3.01. The summed E-state index contributed by atoms with van der Waals surface area (Å²) in [6.07, 6.45) is 2.50. The van der Waals surface area contributed by atoms with Crippen molar-refractivity contribution in [2.45, 2.75) is 58.9 Å². The summed E-state index contributed by atoms with van der Waals surface area (Å²) in [5.74, 6) is 1.72. The Morgan fingerprint density at radius 3 is 2.70 bits per heavy atom. The number of ether oxygens (including phenoxy) is 1. The van der Waals surface area contributed by atoms with Crippen molar-refractivity contribution >= 4 is 0 Å². The van der Waals surface area contributed by atoms with Gasteiger partial charge in [0.2, 0.25) is 0 Å². The van der Waals surface area contributed by atoms with E-state index in [1.807, 2.05) is 0 Å². The lowest BCUT2D eigenvalue weighted by Crippen LogP contribution is -2.27. The van der Waals surface area contributed by atoms with E-state index in [0.29, 0.717) is 12.0 Å². The standard InChI is InChI=1S/C18H29NO/c1-6-8-13(3)17(19-7-2)14-9-10-16-15(11-14)18(4,5)12-20-16/h9-11,13,17,19H,6-8,12H2,1-5H3. The molecular weight excluding hydrogens is 246 g/mol. The van der Waals surface area contributed by atoms with Crippen LogP contribution in [0.2, 0.25) is 0 Å². The number of rotatable bonds is 6. The summed E-state index contributed by atoms with van der Waals surface area (Å²) in [7, 11) is 0. The maximum Gasteiger partial charge on any atom is 0.123 e. The second kappa shape index (κ2) is 6.17. The van der Waals surface area contributed by atoms with Crippen LogP contribution in [0.25, 0.3) is 0 Å². The average Bonchev–Trinajstić information content (AvgIpc) is 2.72. The van der Waals surface area contributed by atoms with Crippen LogP contribution < -0.4 is 10.1 Å². The summed E-state index contributed by atoms with van der Waals surface area (Å²) >= 11 is 0. The summed E-state index contributed by atoms with van der Waals surface area (Å²) in [5, 5.41) is 3.66. The van der Waals surface area contributed by atoms with E-state index >= 15 is 0 Å². The fourth-order valence-electron chi connectivity index (χ4n) is 3.22. The van der Waals surface area contributed by atoms with Crippen LogP contribution >= 0.6 is 0 Å². The molecule has 112 valence electrons. The summed E-state index contributed by atoms with van der Waals surface area (Å²) < 4.78 is 5.80. The van der Waals surface area contributed by atoms with Gasteiger partial charge in [0, 0.05) is 17.0 Å². The molecule has 0 saturated carbocycles. The van der Waals surface area contributed by atoms with Gasteiger partial charge in [-0.2, -0.15) is 0 Å². The quantitative estimate of drug-likeness (QED) is 0.828. The largest absolute Gasteiger partial charge is 0.492 e. The summed E-state index contributed by atoms with van der Waals surface area (Å²) in [6, 6.07) is 7.20. The predicted molar refractivity (Wildman–Crippen MR) is 85.5 cm³/mol. The maximum atomic E-state index is 5.80. The monoisotopic (exact) mass is 275 g/mol. The van der Waals surface area contributed by atoms with E-state index in [0.717, 1.165) is 18.9 Å². The molecule has 1 aliphatic heterocycles. The van der Waals surface area contributed by atoms with E-state index in [4.69, 9.17) is 4.74 Å². The van der Waals surface area contributed by atoms with Crippen LogP contribution in [0.5, 0.6) is 5.75 Å². The minimum absolute atomic E-state index is 0.135. The molecule has 0 aliphatic carbocycles. The maximum absolute atomic E-state index is 5.80. The van der Waals surface area contributed by atoms with Crippen molar-refractivity contribution in [2.24, 2.45) is 5.92 Å². The highest BCUT2D eigenvalue weighted by atomic mass is 16.5. The van der Waals surface area contributed by atoms with Crippen molar-refractivity contribution in [1.82, 2.24) is 5.32 Å². The van der Waals surface area contributed by atoms with Gasteiger partial charge in [-0.3, -0.25) is 0 Å². The van der Waals surface area contributed by atoms with E-state index in [1.165, 1.54) is 24.0 Å². The van der Waals surface area contributed by atoms with Crippen molar-refractivity contribution in [1.29, 1.82) is 0 Å². The topological polar surface area (TPSA) is 21.3 Å². The normalized spacial score (nSPS) is 19.2. The second-order valence-electron chi connectivity index (χ2n) is 6.73. The molecule has 0 radical (unpaired) electrons. The van der Waals surface area contributed by atoms with Crippen LogP contribution in [0.4, 0.5) is 0 Å². The molecule has 0 amide bonds. The van der Waals surface area contributed by atoms with Crippen molar-refractivity contribution in [3.05, 3.63) is 29.3 Å². The number of hydrogen-bond donors (Lipinski definition) is 1. The minimum Gasteiger partial charge on any atom is -0.492 e. The molecular formula is C18H29NO. The van der Waals surface area contributed by atoms with Gasteiger partial charge in [-0.15, -0.1) is 0 Å². The molecule has 2 atom stereocenters. The molecule has 1 N–H and O–H groups in total. The molecule has 2 rings (SSSR count). The first-order valence-electron chi connectivity index (χ1n) is 8.00. The second-order valence-corrected chi connectivity index (χ2v) is 6.73. The van der Waals surface area contributed by atoms with Crippen LogP contribution in [0.15, 0.2) is 18.2 Å². The van der Waals surface area contributed by atoms with E-state index in [-0.39, 0.29) is 5.41 Å². The zero-order valence-electron chi connectivity index (χ0n) is 13.6. The molecule has 0 aromatic heterocycles. The van der Waals surface area contributed by atoms with Crippen LogP contribution in [0.3, 0.4) is 0 Å². The molecule has 2 unspecified atom stereocenters. The Hall–Kier alpha value is -1.02. The third-order valence-corrected chi connectivity index (χ3v) is 4.42. The fourth-order valence-corrected chi connectivity index (χ4v) is 3.22. The van der Waals surface area contributed by atoms with Crippen LogP contribution in [0.1, 0.15) is 64.6 Å². The Labute approximate surface area is 123 Å². The minimum atomic E-state index is 0.135. The van der Waals surface area contributed by atoms with Gasteiger partial charge in [0.25, 0.3) is 0 Å². The first-order valence-corrected chi connectivity index (χ1v) is 8.00. The molecule has 1 aromatic carbocycles. The highest BCUT2D eigenvalue weighted by Gasteiger charge is 2.32. The Kier molecular flexibility index (Phi) is 4.74. The average molecular weight is 275 g/mol. The van der Waals surface area contributed by atoms with Gasteiger partial charge in [0.15, 0.2) is 0 Å². The highest BCUT2D eigenvalue weighted by molar-refractivity contribution is 5.46. The molecule has 1 heterocycles. The fraction of sp³-hybridized carbons (Fsp3) is 0.667. The Morgan fingerprint density at radius 1 is 1.30 bits per heavy atom. The van der Waals surface area contributed by atoms with E-state index < -0.39 is 0 Å². The molecule has 2 heteroatoms. The van der Waals surface area contributed by atoms with E-state index in [2.05, 4.69) is 58.1 Å². The number of benzene rings is 1. The molecule has 0 fully saturated rings. The lowest BCUT2D eigenvalue weighted by atomic mass is 9.83. The van der Waals surface area contributed by atoms with Gasteiger partial charge in [0.1, 0.15) is 5.75 Å². The van der Waals surface area contributed by atoms with Crippen molar-refractivity contribution in [3.8, 4) is 5.75 Å². The molecule has 20 heavy (non-hydrogen) atoms. The highest BCUT2D eigenvalue weighted by Crippen LogP contribution is 2.40. The van der Waals surface area contributed by atoms with Crippen LogP contribution in [-0.4, -0.2) is 13.2 Å². The Balaban J connectivity index is 2.30. The first-order chi connectivity index (χ1) is 9.49. The molecule has 0 spiro atoms. The molecule has 0 saturated heterocycles. The Morgan fingerprint density at radius 2 is 2.05 bits per heavy atom. The smallest absolute Gasteiger partial charge is 0.123 e. The number of nitrogens with one attached hydrogen (secondary N) is 1. The van der Waals surface area contributed by atoms with Gasteiger partial charge in [0.05, 0.1) is 6.61 Å². The summed E-state index contributed by atoms with van der Waals surface area (Å²) in [5.41, 5.74) is 2.91. The Bertz CT molecular complexity index is 453. The van der Waals surface area contributed by atoms with Gasteiger partial charge in [-0.25, -0.2) is 0 Å². The molecule has 1 aromatic rings. The molecule has 2 nitrogen and oxygen atoms in total. The van der Waals surface area contributed by atoms with E-state index in [9.17, 15) is 0 Å². The molecule has 1 aliphatic rings. The van der Waals surface area contributed by atoms with Crippen molar-refractivity contribution in [3.63, 3.8) is 0 Å². The summed E-state index contributed by atoms with van der Waals surface area (Å²) in [4.78, 5) is 0. The van der Waals surface area contributed by atoms with Gasteiger partial charge >= 0.3 is 0 Å². The van der Waals surface area contributed by atoms with Crippen molar-refractivity contribution in [2.75, 3.05) is 13.2 Å². The van der Waals surface area contributed by atoms with Crippen molar-refractivity contribution < 1.29 is 4.74 Å². The van der Waals surface area contributed by atoms with Gasteiger partial charge in [-0.1, -0.05) is 47.1 Å². The lowest BCUT2D eigenvalue weighted by molar-refractivity contribution is 0.291. The number of fused-ring (bicyclic) bond motifs is 1. The van der Waals surface area contributed by atoms with Crippen LogP contribution in [-0.2, 0) is 5.41 Å². The SMILES string of the molecule is CCCC(C)C(NCC)c1ccc2c(c1)C(C)(C)CO2. The molecule has 0 bridgehead atoms. The lowest BCUT2D eigenvalue weighted by Gasteiger charge is -2.26. The zero-order chi connectivity index (χ0) is 14.8. The zero-order valence-corrected chi connectivity index (χ0v) is 13.6. The first kappa shape index (κ1) is 15.4. The van der Waals surface area contributed by atoms with Gasteiger partial charge in [-0.05, 0) is 36.6 Å². The predicted octanol–water partition coefficient (Wildman–Crippen LogP) is 4.44. The van der Waals surface area contributed by atoms with Gasteiger partial charge < -0.3 is 10.1 Å². The third-order valence-electron chi connectivity index (χ3n) is 4.42. The number of hydrogen-bond acceptors (Lipinski definition) is 2.